The van der Waals surface area contributed by atoms with E-state index in [1.54, 1.807) is 24.3 Å². The predicted octanol–water partition coefficient (Wildman–Crippen LogP) is 3.41. The molecule has 1 heterocycles. The van der Waals surface area contributed by atoms with Gasteiger partial charge in [-0.3, -0.25) is 4.79 Å². The molecule has 1 saturated heterocycles. The van der Waals surface area contributed by atoms with E-state index in [1.807, 2.05) is 0 Å². The van der Waals surface area contributed by atoms with E-state index in [-0.39, 0.29) is 5.78 Å². The first kappa shape index (κ1) is 15.5. The number of hydrogen-bond acceptors (Lipinski definition) is 3. The highest BCUT2D eigenvalue weighted by Gasteiger charge is 2.19. The van der Waals surface area contributed by atoms with Gasteiger partial charge in [-0.2, -0.15) is 0 Å². The monoisotopic (exact) mass is 295 g/mol. The maximum Gasteiger partial charge on any atom is 0.164 e. The van der Waals surface area contributed by atoms with Crippen molar-refractivity contribution >= 4 is 17.4 Å². The van der Waals surface area contributed by atoms with Crippen LogP contribution in [-0.2, 0) is 4.74 Å². The van der Waals surface area contributed by atoms with Gasteiger partial charge < -0.3 is 9.64 Å². The Morgan fingerprint density at radius 3 is 2.75 bits per heavy atom. The maximum absolute atomic E-state index is 12.1. The normalized spacial score (nSPS) is 18.6. The largest absolute Gasteiger partial charge is 0.377 e. The van der Waals surface area contributed by atoms with Crippen LogP contribution in [0.25, 0.3) is 0 Å². The molecule has 1 atom stereocenters. The third-order valence-electron chi connectivity index (χ3n) is 3.75. The molecule has 1 unspecified atom stereocenters. The predicted molar refractivity (Wildman–Crippen MR) is 81.5 cm³/mol. The highest BCUT2D eigenvalue weighted by Crippen LogP contribution is 2.14. The molecule has 0 N–H and O–H groups in total. The number of nitrogens with zero attached hydrogens (tertiary/aromatic N) is 1. The average Bonchev–Trinajstić information content (AvgIpc) is 2.96. The maximum atomic E-state index is 12.1. The molecule has 1 aliphatic rings. The molecule has 1 aromatic rings. The fourth-order valence-corrected chi connectivity index (χ4v) is 2.62. The van der Waals surface area contributed by atoms with Crippen molar-refractivity contribution < 1.29 is 9.53 Å². The van der Waals surface area contributed by atoms with Gasteiger partial charge in [-0.05, 0) is 43.7 Å². The fraction of sp³-hybridized carbons (Fsp3) is 0.562. The molecule has 1 fully saturated rings. The van der Waals surface area contributed by atoms with E-state index in [0.29, 0.717) is 17.5 Å². The molecular formula is C16H22ClNO2. The summed E-state index contributed by atoms with van der Waals surface area (Å²) in [7, 11) is 0. The second-order valence-corrected chi connectivity index (χ2v) is 5.64. The summed E-state index contributed by atoms with van der Waals surface area (Å²) in [5, 5.41) is 0.662. The molecule has 110 valence electrons. The molecule has 0 radical (unpaired) electrons. The number of ketones is 1. The molecule has 0 spiro atoms. The summed E-state index contributed by atoms with van der Waals surface area (Å²) in [4.78, 5) is 14.4. The van der Waals surface area contributed by atoms with E-state index < -0.39 is 0 Å². The number of carbonyl (C=O) groups is 1. The summed E-state index contributed by atoms with van der Waals surface area (Å²) in [5.41, 5.74) is 0.738. The Kier molecular flexibility index (Phi) is 6.02. The molecule has 0 aromatic heterocycles. The minimum absolute atomic E-state index is 0.174. The zero-order chi connectivity index (χ0) is 14.4. The van der Waals surface area contributed by atoms with Crippen LogP contribution in [0.5, 0.6) is 0 Å². The van der Waals surface area contributed by atoms with Crippen molar-refractivity contribution in [3.63, 3.8) is 0 Å². The first-order chi connectivity index (χ1) is 9.69. The second-order valence-electron chi connectivity index (χ2n) is 5.21. The Bertz CT molecular complexity index is 427. The highest BCUT2D eigenvalue weighted by atomic mass is 35.5. The average molecular weight is 296 g/mol. The van der Waals surface area contributed by atoms with Gasteiger partial charge in [-0.1, -0.05) is 18.5 Å². The summed E-state index contributed by atoms with van der Waals surface area (Å²) >= 11 is 5.83. The van der Waals surface area contributed by atoms with Gasteiger partial charge in [0.25, 0.3) is 0 Å². The van der Waals surface area contributed by atoms with Crippen molar-refractivity contribution in [1.82, 2.24) is 4.90 Å². The Morgan fingerprint density at radius 2 is 2.15 bits per heavy atom. The standard InChI is InChI=1S/C16H22ClNO2/c1-2-18(12-15-4-3-11-20-15)10-9-16(19)13-5-7-14(17)8-6-13/h5-8,15H,2-4,9-12H2,1H3. The number of carbonyl (C=O) groups excluding carboxylic acids is 1. The minimum atomic E-state index is 0.174. The van der Waals surface area contributed by atoms with Crippen LogP contribution < -0.4 is 0 Å². The van der Waals surface area contributed by atoms with Crippen molar-refractivity contribution in [2.24, 2.45) is 0 Å². The zero-order valence-corrected chi connectivity index (χ0v) is 12.7. The van der Waals surface area contributed by atoms with Crippen molar-refractivity contribution in [3.05, 3.63) is 34.9 Å². The van der Waals surface area contributed by atoms with Crippen LogP contribution in [0.15, 0.2) is 24.3 Å². The Morgan fingerprint density at radius 1 is 1.40 bits per heavy atom. The van der Waals surface area contributed by atoms with Crippen LogP contribution in [0.2, 0.25) is 5.02 Å². The highest BCUT2D eigenvalue weighted by molar-refractivity contribution is 6.30. The number of halogens is 1. The number of ether oxygens (including phenoxy) is 1. The van der Waals surface area contributed by atoms with E-state index in [9.17, 15) is 4.79 Å². The summed E-state index contributed by atoms with van der Waals surface area (Å²) in [6, 6.07) is 7.11. The van der Waals surface area contributed by atoms with E-state index in [4.69, 9.17) is 16.3 Å². The van der Waals surface area contributed by atoms with Crippen LogP contribution in [0.4, 0.5) is 0 Å². The third kappa shape index (κ3) is 4.58. The molecule has 2 rings (SSSR count). The van der Waals surface area contributed by atoms with Gasteiger partial charge in [0.05, 0.1) is 6.10 Å². The molecule has 4 heteroatoms. The van der Waals surface area contributed by atoms with Gasteiger partial charge in [0.2, 0.25) is 0 Å². The molecule has 0 aliphatic carbocycles. The Balaban J connectivity index is 1.79. The second kappa shape index (κ2) is 7.77. The lowest BCUT2D eigenvalue weighted by Crippen LogP contribution is -2.33. The molecule has 0 amide bonds. The van der Waals surface area contributed by atoms with E-state index >= 15 is 0 Å². The minimum Gasteiger partial charge on any atom is -0.377 e. The molecule has 0 bridgehead atoms. The van der Waals surface area contributed by atoms with Gasteiger partial charge >= 0.3 is 0 Å². The summed E-state index contributed by atoms with van der Waals surface area (Å²) in [6.07, 6.45) is 3.19. The first-order valence-electron chi connectivity index (χ1n) is 7.31. The van der Waals surface area contributed by atoms with Gasteiger partial charge in [0.1, 0.15) is 0 Å². The molecule has 1 aromatic carbocycles. The number of Topliss-reactive ketones (excluding diaryl/α,β-unsaturated/α-hetero) is 1. The summed E-state index contributed by atoms with van der Waals surface area (Å²) < 4.78 is 5.65. The molecule has 20 heavy (non-hydrogen) atoms. The van der Waals surface area contributed by atoms with E-state index in [1.165, 1.54) is 0 Å². The van der Waals surface area contributed by atoms with Crippen LogP contribution in [0, 0.1) is 0 Å². The quantitative estimate of drug-likeness (QED) is 0.722. The lowest BCUT2D eigenvalue weighted by Gasteiger charge is -2.23. The van der Waals surface area contributed by atoms with Crippen molar-refractivity contribution in [1.29, 1.82) is 0 Å². The molecular weight excluding hydrogens is 274 g/mol. The van der Waals surface area contributed by atoms with Gasteiger partial charge in [0.15, 0.2) is 5.78 Å². The number of rotatable bonds is 7. The molecule has 3 nitrogen and oxygen atoms in total. The topological polar surface area (TPSA) is 29.5 Å². The Labute approximate surface area is 125 Å². The number of benzene rings is 1. The van der Waals surface area contributed by atoms with Gasteiger partial charge in [-0.25, -0.2) is 0 Å². The van der Waals surface area contributed by atoms with Crippen LogP contribution in [0.3, 0.4) is 0 Å². The van der Waals surface area contributed by atoms with E-state index in [2.05, 4.69) is 11.8 Å². The van der Waals surface area contributed by atoms with Crippen LogP contribution in [0.1, 0.15) is 36.5 Å². The smallest absolute Gasteiger partial charge is 0.164 e. The fourth-order valence-electron chi connectivity index (χ4n) is 2.49. The number of likely N-dealkylation sites (N-methyl/N-ethyl adjacent to an activating group) is 1. The van der Waals surface area contributed by atoms with Gasteiger partial charge in [0, 0.05) is 36.7 Å². The SMILES string of the molecule is CCN(CCC(=O)c1ccc(Cl)cc1)CC1CCCO1. The van der Waals surface area contributed by atoms with Crippen LogP contribution in [-0.4, -0.2) is 43.0 Å². The molecule has 0 saturated carbocycles. The van der Waals surface area contributed by atoms with Crippen molar-refractivity contribution in [2.75, 3.05) is 26.2 Å². The molecule has 1 aliphatic heterocycles. The van der Waals surface area contributed by atoms with Gasteiger partial charge in [-0.15, -0.1) is 0 Å². The summed E-state index contributed by atoms with van der Waals surface area (Å²) in [5.74, 6) is 0.174. The summed E-state index contributed by atoms with van der Waals surface area (Å²) in [6.45, 7) is 5.68. The Hall–Kier alpha value is -0.900. The van der Waals surface area contributed by atoms with Crippen molar-refractivity contribution in [3.8, 4) is 0 Å². The van der Waals surface area contributed by atoms with Crippen molar-refractivity contribution in [2.45, 2.75) is 32.3 Å². The van der Waals surface area contributed by atoms with Crippen LogP contribution >= 0.6 is 11.6 Å². The van der Waals surface area contributed by atoms with E-state index in [0.717, 1.165) is 44.6 Å². The third-order valence-corrected chi connectivity index (χ3v) is 4.01. The number of hydrogen-bond donors (Lipinski definition) is 0. The zero-order valence-electron chi connectivity index (χ0n) is 12.0. The lowest BCUT2D eigenvalue weighted by molar-refractivity contribution is 0.0720. The first-order valence-corrected chi connectivity index (χ1v) is 7.69. The lowest BCUT2D eigenvalue weighted by atomic mass is 10.1.